The normalized spacial score (nSPS) is 18.3. The van der Waals surface area contributed by atoms with Crippen LogP contribution < -0.4 is 0 Å². The predicted octanol–water partition coefficient (Wildman–Crippen LogP) is 6.93. The van der Waals surface area contributed by atoms with E-state index in [1.807, 2.05) is 0 Å². The van der Waals surface area contributed by atoms with Crippen molar-refractivity contribution in [1.82, 2.24) is 9.80 Å². The van der Waals surface area contributed by atoms with Gasteiger partial charge in [-0.1, -0.05) is 109 Å². The lowest BCUT2D eigenvalue weighted by atomic mass is 9.80. The average Bonchev–Trinajstić information content (AvgIpc) is 3.52. The van der Waals surface area contributed by atoms with Crippen molar-refractivity contribution in [2.24, 2.45) is 0 Å². The van der Waals surface area contributed by atoms with E-state index in [0.29, 0.717) is 18.0 Å². The molecular weight excluding hydrogens is 412 g/mol. The summed E-state index contributed by atoms with van der Waals surface area (Å²) in [7, 11) is 0. The van der Waals surface area contributed by atoms with Crippen LogP contribution in [0.5, 0.6) is 0 Å². The molecule has 0 aliphatic carbocycles. The lowest BCUT2D eigenvalue weighted by Gasteiger charge is -2.41. The topological polar surface area (TPSA) is 6.48 Å². The third kappa shape index (κ3) is 3.98. The second-order valence-corrected chi connectivity index (χ2v) is 9.88. The minimum Gasteiger partial charge on any atom is -0.291 e. The molecule has 0 spiro atoms. The van der Waals surface area contributed by atoms with Crippen LogP contribution in [0.1, 0.15) is 52.3 Å². The fraction of sp³-hybridized carbons (Fsp3) is 0.250. The monoisotopic (exact) mass is 444 g/mol. The molecule has 0 N–H and O–H groups in total. The van der Waals surface area contributed by atoms with Crippen molar-refractivity contribution >= 4 is 0 Å². The number of rotatable bonds is 6. The van der Waals surface area contributed by atoms with Crippen LogP contribution in [0.15, 0.2) is 109 Å². The molecule has 0 radical (unpaired) electrons. The summed E-state index contributed by atoms with van der Waals surface area (Å²) in [6.07, 6.45) is 0. The maximum Gasteiger partial charge on any atom is 0.0438 e. The van der Waals surface area contributed by atoms with Gasteiger partial charge in [-0.2, -0.15) is 0 Å². The SMILES string of the molecule is CC(C(c1ccccc1)C(c1ccccc1)N1Cc2ccccc2C1)N1Cc2ccccc2C1. The van der Waals surface area contributed by atoms with E-state index in [1.165, 1.54) is 33.4 Å². The van der Waals surface area contributed by atoms with Crippen LogP contribution in [-0.2, 0) is 26.2 Å². The van der Waals surface area contributed by atoms with Crippen LogP contribution in [0.4, 0.5) is 0 Å². The first-order chi connectivity index (χ1) is 16.8. The molecule has 6 rings (SSSR count). The van der Waals surface area contributed by atoms with Crippen molar-refractivity contribution in [3.8, 4) is 0 Å². The first-order valence-electron chi connectivity index (χ1n) is 12.5. The molecule has 4 aromatic rings. The summed E-state index contributed by atoms with van der Waals surface area (Å²) in [5, 5.41) is 0. The van der Waals surface area contributed by atoms with Crippen molar-refractivity contribution in [3.63, 3.8) is 0 Å². The number of fused-ring (bicyclic) bond motifs is 2. The predicted molar refractivity (Wildman–Crippen MR) is 139 cm³/mol. The second-order valence-electron chi connectivity index (χ2n) is 9.88. The molecule has 0 saturated heterocycles. The molecule has 3 atom stereocenters. The van der Waals surface area contributed by atoms with E-state index in [9.17, 15) is 0 Å². The number of nitrogens with zero attached hydrogens (tertiary/aromatic N) is 2. The Morgan fingerprint density at radius 3 is 1.32 bits per heavy atom. The third-order valence-corrected chi connectivity index (χ3v) is 7.89. The summed E-state index contributed by atoms with van der Waals surface area (Å²) in [6, 6.07) is 41.0. The zero-order chi connectivity index (χ0) is 22.9. The minimum atomic E-state index is 0.301. The maximum absolute atomic E-state index is 2.71. The zero-order valence-corrected chi connectivity index (χ0v) is 19.8. The van der Waals surface area contributed by atoms with Crippen LogP contribution in [0.2, 0.25) is 0 Å². The Morgan fingerprint density at radius 1 is 0.471 bits per heavy atom. The number of hydrogen-bond acceptors (Lipinski definition) is 2. The van der Waals surface area contributed by atoms with E-state index in [1.54, 1.807) is 0 Å². The van der Waals surface area contributed by atoms with Gasteiger partial charge in [-0.15, -0.1) is 0 Å². The standard InChI is InChI=1S/C32H32N2/c1-24(33-20-27-16-8-9-17-28(27)21-33)31(25-12-4-2-5-13-25)32(26-14-6-3-7-15-26)34-22-29-18-10-11-19-30(29)23-34/h2-19,24,31-32H,20-23H2,1H3. The van der Waals surface area contributed by atoms with Gasteiger partial charge in [-0.05, 0) is 40.3 Å². The second kappa shape index (κ2) is 9.21. The smallest absolute Gasteiger partial charge is 0.0438 e. The Balaban J connectivity index is 1.41. The van der Waals surface area contributed by atoms with Gasteiger partial charge in [0.15, 0.2) is 0 Å². The van der Waals surface area contributed by atoms with E-state index >= 15 is 0 Å². The fourth-order valence-corrected chi connectivity index (χ4v) is 6.13. The summed E-state index contributed by atoms with van der Waals surface area (Å²) < 4.78 is 0. The molecule has 2 aliphatic rings. The maximum atomic E-state index is 2.71. The molecule has 2 nitrogen and oxygen atoms in total. The van der Waals surface area contributed by atoms with Crippen molar-refractivity contribution in [2.45, 2.75) is 51.1 Å². The molecule has 2 heteroatoms. The molecule has 0 fully saturated rings. The summed E-state index contributed by atoms with van der Waals surface area (Å²) in [5.74, 6) is 0.354. The molecule has 3 unspecified atom stereocenters. The van der Waals surface area contributed by atoms with Crippen molar-refractivity contribution in [1.29, 1.82) is 0 Å². The minimum absolute atomic E-state index is 0.301. The Labute approximate surface area is 203 Å². The van der Waals surface area contributed by atoms with Crippen molar-refractivity contribution < 1.29 is 0 Å². The highest BCUT2D eigenvalue weighted by atomic mass is 15.2. The van der Waals surface area contributed by atoms with Gasteiger partial charge < -0.3 is 0 Å². The van der Waals surface area contributed by atoms with E-state index in [-0.39, 0.29) is 0 Å². The summed E-state index contributed by atoms with van der Waals surface area (Å²) in [5.41, 5.74) is 8.73. The summed E-state index contributed by atoms with van der Waals surface area (Å²) >= 11 is 0. The van der Waals surface area contributed by atoms with Gasteiger partial charge in [-0.3, -0.25) is 9.80 Å². The van der Waals surface area contributed by atoms with Gasteiger partial charge in [0, 0.05) is 44.2 Å². The molecule has 34 heavy (non-hydrogen) atoms. The van der Waals surface area contributed by atoms with Crippen molar-refractivity contribution in [2.75, 3.05) is 0 Å². The lowest BCUT2D eigenvalue weighted by Crippen LogP contribution is -2.41. The van der Waals surface area contributed by atoms with Gasteiger partial charge in [0.1, 0.15) is 0 Å². The largest absolute Gasteiger partial charge is 0.291 e. The summed E-state index contributed by atoms with van der Waals surface area (Å²) in [4.78, 5) is 5.39. The fourth-order valence-electron chi connectivity index (χ4n) is 6.13. The highest BCUT2D eigenvalue weighted by Gasteiger charge is 2.39. The van der Waals surface area contributed by atoms with Crippen LogP contribution in [0.25, 0.3) is 0 Å². The van der Waals surface area contributed by atoms with Gasteiger partial charge in [-0.25, -0.2) is 0 Å². The molecule has 2 heterocycles. The van der Waals surface area contributed by atoms with Gasteiger partial charge in [0.25, 0.3) is 0 Å². The number of hydrogen-bond donors (Lipinski definition) is 0. The summed E-state index contributed by atoms with van der Waals surface area (Å²) in [6.45, 7) is 6.52. The third-order valence-electron chi connectivity index (χ3n) is 7.89. The van der Waals surface area contributed by atoms with E-state index in [4.69, 9.17) is 0 Å². The van der Waals surface area contributed by atoms with E-state index < -0.39 is 0 Å². The van der Waals surface area contributed by atoms with E-state index in [2.05, 4.69) is 126 Å². The van der Waals surface area contributed by atoms with Gasteiger partial charge >= 0.3 is 0 Å². The Kier molecular flexibility index (Phi) is 5.78. The zero-order valence-electron chi connectivity index (χ0n) is 19.8. The number of benzene rings is 4. The molecule has 0 aromatic heterocycles. The van der Waals surface area contributed by atoms with Crippen molar-refractivity contribution in [3.05, 3.63) is 143 Å². The Hall–Kier alpha value is -3.20. The average molecular weight is 445 g/mol. The highest BCUT2D eigenvalue weighted by molar-refractivity contribution is 5.36. The molecule has 2 aliphatic heterocycles. The lowest BCUT2D eigenvalue weighted by molar-refractivity contribution is 0.102. The first kappa shape index (κ1) is 21.3. The molecule has 0 amide bonds. The van der Waals surface area contributed by atoms with Crippen LogP contribution >= 0.6 is 0 Å². The molecule has 4 aromatic carbocycles. The van der Waals surface area contributed by atoms with Gasteiger partial charge in [0.2, 0.25) is 0 Å². The molecule has 0 bridgehead atoms. The van der Waals surface area contributed by atoms with Gasteiger partial charge in [0.05, 0.1) is 0 Å². The Morgan fingerprint density at radius 2 is 0.853 bits per heavy atom. The Bertz CT molecular complexity index is 1200. The van der Waals surface area contributed by atoms with Crippen LogP contribution in [-0.4, -0.2) is 15.8 Å². The molecular formula is C32H32N2. The van der Waals surface area contributed by atoms with Crippen LogP contribution in [0, 0.1) is 0 Å². The van der Waals surface area contributed by atoms with E-state index in [0.717, 1.165) is 26.2 Å². The van der Waals surface area contributed by atoms with Crippen LogP contribution in [0.3, 0.4) is 0 Å². The first-order valence-corrected chi connectivity index (χ1v) is 12.5. The molecule has 0 saturated carbocycles. The quantitative estimate of drug-likeness (QED) is 0.318. The highest BCUT2D eigenvalue weighted by Crippen LogP contribution is 2.44. The molecule has 170 valence electrons.